The van der Waals surface area contributed by atoms with E-state index in [0.29, 0.717) is 11.3 Å². The molecule has 2 rings (SSSR count). The standard InChI is InChI=1S/C19H31NO/c1-15(2)13-20-14-19(5-7-21-8-6-19)12-18-10-16(3)9-17(4)11-18/h9-11,15,20H,5-8,12-14H2,1-4H3. The van der Waals surface area contributed by atoms with Crippen LogP contribution in [0, 0.1) is 25.2 Å². The Kier molecular flexibility index (Phi) is 5.83. The summed E-state index contributed by atoms with van der Waals surface area (Å²) in [6.07, 6.45) is 3.51. The number of ether oxygens (including phenoxy) is 1. The van der Waals surface area contributed by atoms with Crippen molar-refractivity contribution in [3.8, 4) is 0 Å². The number of benzene rings is 1. The summed E-state index contributed by atoms with van der Waals surface area (Å²) in [5.74, 6) is 0.711. The van der Waals surface area contributed by atoms with Crippen LogP contribution in [-0.4, -0.2) is 26.3 Å². The second-order valence-electron chi connectivity index (χ2n) is 7.31. The van der Waals surface area contributed by atoms with Crippen molar-refractivity contribution < 1.29 is 4.74 Å². The molecular formula is C19H31NO. The Hall–Kier alpha value is -0.860. The lowest BCUT2D eigenvalue weighted by atomic mass is 9.74. The van der Waals surface area contributed by atoms with E-state index in [1.165, 1.54) is 36.0 Å². The van der Waals surface area contributed by atoms with Gasteiger partial charge in [0.1, 0.15) is 0 Å². The van der Waals surface area contributed by atoms with E-state index in [4.69, 9.17) is 4.74 Å². The minimum Gasteiger partial charge on any atom is -0.381 e. The number of hydrogen-bond acceptors (Lipinski definition) is 2. The van der Waals surface area contributed by atoms with E-state index < -0.39 is 0 Å². The summed E-state index contributed by atoms with van der Waals surface area (Å²) in [6.45, 7) is 13.0. The highest BCUT2D eigenvalue weighted by molar-refractivity contribution is 5.29. The zero-order valence-electron chi connectivity index (χ0n) is 14.2. The Bertz CT molecular complexity index is 427. The summed E-state index contributed by atoms with van der Waals surface area (Å²) < 4.78 is 5.61. The third kappa shape index (κ3) is 5.12. The largest absolute Gasteiger partial charge is 0.381 e. The molecule has 1 aromatic carbocycles. The maximum Gasteiger partial charge on any atom is 0.0471 e. The normalized spacial score (nSPS) is 18.1. The van der Waals surface area contributed by atoms with Crippen molar-refractivity contribution in [2.24, 2.45) is 11.3 Å². The number of rotatable bonds is 6. The monoisotopic (exact) mass is 289 g/mol. The average molecular weight is 289 g/mol. The molecular weight excluding hydrogens is 258 g/mol. The van der Waals surface area contributed by atoms with Crippen LogP contribution in [0.2, 0.25) is 0 Å². The lowest BCUT2D eigenvalue weighted by Gasteiger charge is -2.38. The lowest BCUT2D eigenvalue weighted by Crippen LogP contribution is -2.41. The summed E-state index contributed by atoms with van der Waals surface area (Å²) >= 11 is 0. The van der Waals surface area contributed by atoms with E-state index >= 15 is 0 Å². The Morgan fingerprint density at radius 2 is 1.71 bits per heavy atom. The number of aryl methyl sites for hydroxylation is 2. The van der Waals surface area contributed by atoms with Gasteiger partial charge in [-0.25, -0.2) is 0 Å². The second kappa shape index (κ2) is 7.42. The van der Waals surface area contributed by atoms with Gasteiger partial charge >= 0.3 is 0 Å². The summed E-state index contributed by atoms with van der Waals surface area (Å²) in [5, 5.41) is 3.69. The minimum atomic E-state index is 0.368. The zero-order chi connectivity index (χ0) is 15.3. The zero-order valence-corrected chi connectivity index (χ0v) is 14.2. The predicted molar refractivity (Wildman–Crippen MR) is 89.8 cm³/mol. The Balaban J connectivity index is 2.07. The van der Waals surface area contributed by atoms with Crippen LogP contribution in [-0.2, 0) is 11.2 Å². The molecule has 2 nitrogen and oxygen atoms in total. The van der Waals surface area contributed by atoms with E-state index in [2.05, 4.69) is 51.2 Å². The van der Waals surface area contributed by atoms with E-state index in [1.807, 2.05) is 0 Å². The van der Waals surface area contributed by atoms with Crippen molar-refractivity contribution in [2.75, 3.05) is 26.3 Å². The van der Waals surface area contributed by atoms with Crippen LogP contribution in [0.4, 0.5) is 0 Å². The Morgan fingerprint density at radius 3 is 2.29 bits per heavy atom. The number of hydrogen-bond donors (Lipinski definition) is 1. The van der Waals surface area contributed by atoms with Gasteiger partial charge in [-0.05, 0) is 56.6 Å². The van der Waals surface area contributed by atoms with Gasteiger partial charge in [0.05, 0.1) is 0 Å². The van der Waals surface area contributed by atoms with Gasteiger partial charge in [-0.2, -0.15) is 0 Å². The summed E-state index contributed by atoms with van der Waals surface area (Å²) in [6, 6.07) is 6.97. The molecule has 0 aliphatic carbocycles. The molecule has 1 heterocycles. The van der Waals surface area contributed by atoms with Crippen molar-refractivity contribution in [3.63, 3.8) is 0 Å². The molecule has 2 heteroatoms. The van der Waals surface area contributed by atoms with Crippen LogP contribution in [0.15, 0.2) is 18.2 Å². The van der Waals surface area contributed by atoms with Gasteiger partial charge in [0.25, 0.3) is 0 Å². The molecule has 1 fully saturated rings. The van der Waals surface area contributed by atoms with E-state index in [0.717, 1.165) is 26.3 Å². The molecule has 0 atom stereocenters. The molecule has 0 radical (unpaired) electrons. The molecule has 118 valence electrons. The first-order chi connectivity index (χ1) is 9.99. The SMILES string of the molecule is Cc1cc(C)cc(CC2(CNCC(C)C)CCOCC2)c1. The third-order valence-corrected chi connectivity index (χ3v) is 4.47. The fourth-order valence-corrected chi connectivity index (χ4v) is 3.45. The molecule has 0 spiro atoms. The van der Waals surface area contributed by atoms with Crippen LogP contribution in [0.1, 0.15) is 43.4 Å². The van der Waals surface area contributed by atoms with Gasteiger partial charge < -0.3 is 10.1 Å². The van der Waals surface area contributed by atoms with Crippen LogP contribution in [0.25, 0.3) is 0 Å². The first kappa shape index (κ1) is 16.5. The van der Waals surface area contributed by atoms with E-state index in [9.17, 15) is 0 Å². The molecule has 21 heavy (non-hydrogen) atoms. The maximum absolute atomic E-state index is 5.61. The first-order valence-corrected chi connectivity index (χ1v) is 8.35. The highest BCUT2D eigenvalue weighted by Gasteiger charge is 2.32. The molecule has 1 aliphatic rings. The highest BCUT2D eigenvalue weighted by atomic mass is 16.5. The molecule has 1 aromatic rings. The Morgan fingerprint density at radius 1 is 1.10 bits per heavy atom. The fourth-order valence-electron chi connectivity index (χ4n) is 3.45. The van der Waals surface area contributed by atoms with Gasteiger partial charge in [-0.3, -0.25) is 0 Å². The molecule has 0 amide bonds. The molecule has 0 saturated carbocycles. The molecule has 0 aromatic heterocycles. The summed E-state index contributed by atoms with van der Waals surface area (Å²) in [7, 11) is 0. The molecule has 0 bridgehead atoms. The molecule has 0 unspecified atom stereocenters. The van der Waals surface area contributed by atoms with Gasteiger partial charge in [0.2, 0.25) is 0 Å². The van der Waals surface area contributed by atoms with Crippen LogP contribution in [0.3, 0.4) is 0 Å². The predicted octanol–water partition coefficient (Wildman–Crippen LogP) is 3.89. The minimum absolute atomic E-state index is 0.368. The van der Waals surface area contributed by atoms with E-state index in [-0.39, 0.29) is 0 Å². The molecule has 1 saturated heterocycles. The summed E-state index contributed by atoms with van der Waals surface area (Å²) in [4.78, 5) is 0. The molecule has 1 aliphatic heterocycles. The van der Waals surface area contributed by atoms with E-state index in [1.54, 1.807) is 0 Å². The number of nitrogens with one attached hydrogen (secondary N) is 1. The topological polar surface area (TPSA) is 21.3 Å². The third-order valence-electron chi connectivity index (χ3n) is 4.47. The average Bonchev–Trinajstić information content (AvgIpc) is 2.37. The second-order valence-corrected chi connectivity index (χ2v) is 7.31. The van der Waals surface area contributed by atoms with Crippen molar-refractivity contribution in [1.29, 1.82) is 0 Å². The smallest absolute Gasteiger partial charge is 0.0471 e. The van der Waals surface area contributed by atoms with Gasteiger partial charge in [0, 0.05) is 19.8 Å². The van der Waals surface area contributed by atoms with Crippen molar-refractivity contribution in [1.82, 2.24) is 5.32 Å². The maximum atomic E-state index is 5.61. The van der Waals surface area contributed by atoms with Gasteiger partial charge in [0.15, 0.2) is 0 Å². The van der Waals surface area contributed by atoms with Crippen LogP contribution in [0.5, 0.6) is 0 Å². The van der Waals surface area contributed by atoms with Crippen molar-refractivity contribution >= 4 is 0 Å². The van der Waals surface area contributed by atoms with Crippen molar-refractivity contribution in [2.45, 2.75) is 47.0 Å². The van der Waals surface area contributed by atoms with Gasteiger partial charge in [-0.1, -0.05) is 43.2 Å². The van der Waals surface area contributed by atoms with Crippen LogP contribution >= 0.6 is 0 Å². The molecule has 1 N–H and O–H groups in total. The fraction of sp³-hybridized carbons (Fsp3) is 0.684. The lowest BCUT2D eigenvalue weighted by molar-refractivity contribution is 0.0147. The highest BCUT2D eigenvalue weighted by Crippen LogP contribution is 2.34. The van der Waals surface area contributed by atoms with Gasteiger partial charge in [-0.15, -0.1) is 0 Å². The van der Waals surface area contributed by atoms with Crippen LogP contribution < -0.4 is 5.32 Å². The first-order valence-electron chi connectivity index (χ1n) is 8.35. The van der Waals surface area contributed by atoms with Crippen molar-refractivity contribution in [3.05, 3.63) is 34.9 Å². The summed E-state index contributed by atoms with van der Waals surface area (Å²) in [5.41, 5.74) is 4.61. The quantitative estimate of drug-likeness (QED) is 0.858. The Labute approximate surface area is 130 Å².